The zero-order valence-corrected chi connectivity index (χ0v) is 13.0. The molecular formula is C17H17ClN2O2. The Hall–Kier alpha value is -2.33. The van der Waals surface area contributed by atoms with E-state index in [4.69, 9.17) is 16.3 Å². The maximum Gasteiger partial charge on any atom is 0.277 e. The van der Waals surface area contributed by atoms with Gasteiger partial charge in [0.15, 0.2) is 6.61 Å². The van der Waals surface area contributed by atoms with E-state index in [9.17, 15) is 4.79 Å². The topological polar surface area (TPSA) is 50.7 Å². The molecule has 22 heavy (non-hydrogen) atoms. The molecule has 5 heteroatoms. The summed E-state index contributed by atoms with van der Waals surface area (Å²) in [6.45, 7) is 1.98. The Labute approximate surface area is 134 Å². The smallest absolute Gasteiger partial charge is 0.277 e. The molecule has 4 nitrogen and oxygen atoms in total. The van der Waals surface area contributed by atoms with Crippen LogP contribution in [0.5, 0.6) is 5.75 Å². The van der Waals surface area contributed by atoms with E-state index in [0.29, 0.717) is 10.8 Å². The lowest BCUT2D eigenvalue weighted by atomic mass is 10.2. The number of carbonyl (C=O) groups excluding carboxylic acids is 1. The fourth-order valence-corrected chi connectivity index (χ4v) is 2.00. The van der Waals surface area contributed by atoms with Crippen LogP contribution in [0.2, 0.25) is 5.02 Å². The zero-order valence-electron chi connectivity index (χ0n) is 12.3. The average molecular weight is 317 g/mol. The van der Waals surface area contributed by atoms with Crippen LogP contribution >= 0.6 is 11.6 Å². The quantitative estimate of drug-likeness (QED) is 0.655. The van der Waals surface area contributed by atoms with Gasteiger partial charge in [0.25, 0.3) is 5.91 Å². The Bertz CT molecular complexity index is 671. The molecule has 0 aliphatic carbocycles. The summed E-state index contributed by atoms with van der Waals surface area (Å²) in [5.74, 6) is 0.355. The molecular weight excluding hydrogens is 300 g/mol. The molecule has 2 rings (SSSR count). The first-order valence-electron chi connectivity index (χ1n) is 6.96. The number of amides is 1. The molecule has 0 saturated heterocycles. The van der Waals surface area contributed by atoms with Gasteiger partial charge in [-0.2, -0.15) is 5.10 Å². The standard InChI is InChI=1S/C17H17ClN2O2/c1-2-13-5-4-8-16(10-13)22-12-17(21)20-19-11-14-6-3-7-15(18)9-14/h3-11H,2,12H2,1H3,(H,20,21)/b19-11+. The van der Waals surface area contributed by atoms with Crippen LogP contribution < -0.4 is 10.2 Å². The molecule has 0 fully saturated rings. The van der Waals surface area contributed by atoms with E-state index in [1.54, 1.807) is 12.1 Å². The Balaban J connectivity index is 1.80. The van der Waals surface area contributed by atoms with Gasteiger partial charge in [-0.15, -0.1) is 0 Å². The number of rotatable bonds is 6. The van der Waals surface area contributed by atoms with E-state index >= 15 is 0 Å². The minimum absolute atomic E-state index is 0.0833. The molecule has 0 atom stereocenters. The highest BCUT2D eigenvalue weighted by Crippen LogP contribution is 2.13. The zero-order chi connectivity index (χ0) is 15.8. The molecule has 114 valence electrons. The van der Waals surface area contributed by atoms with E-state index in [1.807, 2.05) is 36.4 Å². The lowest BCUT2D eigenvalue weighted by Crippen LogP contribution is -2.24. The second-order valence-electron chi connectivity index (χ2n) is 4.64. The lowest BCUT2D eigenvalue weighted by molar-refractivity contribution is -0.123. The third-order valence-corrected chi connectivity index (χ3v) is 3.16. The molecule has 0 heterocycles. The molecule has 0 aromatic heterocycles. The van der Waals surface area contributed by atoms with E-state index in [1.165, 1.54) is 6.21 Å². The fraction of sp³-hybridized carbons (Fsp3) is 0.176. The number of benzene rings is 2. The van der Waals surface area contributed by atoms with Gasteiger partial charge in [0.05, 0.1) is 6.21 Å². The summed E-state index contributed by atoms with van der Waals surface area (Å²) >= 11 is 5.86. The van der Waals surface area contributed by atoms with Crippen molar-refractivity contribution < 1.29 is 9.53 Å². The van der Waals surface area contributed by atoms with Gasteiger partial charge in [-0.05, 0) is 41.8 Å². The molecule has 1 N–H and O–H groups in total. The minimum atomic E-state index is -0.319. The van der Waals surface area contributed by atoms with Crippen LogP contribution in [0.15, 0.2) is 53.6 Å². The summed E-state index contributed by atoms with van der Waals surface area (Å²) in [5, 5.41) is 4.49. The Kier molecular flexibility index (Phi) is 5.98. The number of halogens is 1. The number of nitrogens with zero attached hydrogens (tertiary/aromatic N) is 1. The Morgan fingerprint density at radius 2 is 2.09 bits per heavy atom. The van der Waals surface area contributed by atoms with Gasteiger partial charge in [0.1, 0.15) is 5.75 Å². The number of ether oxygens (including phenoxy) is 1. The van der Waals surface area contributed by atoms with Gasteiger partial charge in [-0.1, -0.05) is 42.8 Å². The van der Waals surface area contributed by atoms with Gasteiger partial charge >= 0.3 is 0 Å². The number of carbonyl (C=O) groups is 1. The molecule has 0 unspecified atom stereocenters. The highest BCUT2D eigenvalue weighted by atomic mass is 35.5. The van der Waals surface area contributed by atoms with Gasteiger partial charge in [0, 0.05) is 5.02 Å². The van der Waals surface area contributed by atoms with Gasteiger partial charge in [0.2, 0.25) is 0 Å². The largest absolute Gasteiger partial charge is 0.484 e. The van der Waals surface area contributed by atoms with E-state index in [0.717, 1.165) is 17.5 Å². The number of hydrazone groups is 1. The minimum Gasteiger partial charge on any atom is -0.484 e. The molecule has 0 bridgehead atoms. The highest BCUT2D eigenvalue weighted by Gasteiger charge is 2.01. The number of hydrogen-bond acceptors (Lipinski definition) is 3. The van der Waals surface area contributed by atoms with E-state index < -0.39 is 0 Å². The Morgan fingerprint density at radius 1 is 1.27 bits per heavy atom. The molecule has 0 spiro atoms. The van der Waals surface area contributed by atoms with E-state index in [2.05, 4.69) is 17.5 Å². The summed E-state index contributed by atoms with van der Waals surface area (Å²) in [7, 11) is 0. The summed E-state index contributed by atoms with van der Waals surface area (Å²) < 4.78 is 5.43. The van der Waals surface area contributed by atoms with Crippen molar-refractivity contribution in [1.82, 2.24) is 5.43 Å². The third kappa shape index (κ3) is 5.22. The third-order valence-electron chi connectivity index (χ3n) is 2.93. The van der Waals surface area contributed by atoms with Crippen molar-refractivity contribution in [1.29, 1.82) is 0 Å². The van der Waals surface area contributed by atoms with Crippen molar-refractivity contribution in [3.05, 3.63) is 64.7 Å². The number of nitrogens with one attached hydrogen (secondary N) is 1. The highest BCUT2D eigenvalue weighted by molar-refractivity contribution is 6.30. The first kappa shape index (κ1) is 16.0. The summed E-state index contributed by atoms with van der Waals surface area (Å²) in [6.07, 6.45) is 2.45. The van der Waals surface area contributed by atoms with Crippen LogP contribution in [0, 0.1) is 0 Å². The number of hydrogen-bond donors (Lipinski definition) is 1. The lowest BCUT2D eigenvalue weighted by Gasteiger charge is -2.06. The molecule has 2 aromatic rings. The fourth-order valence-electron chi connectivity index (χ4n) is 1.80. The summed E-state index contributed by atoms with van der Waals surface area (Å²) in [4.78, 5) is 11.7. The van der Waals surface area contributed by atoms with Crippen LogP contribution in [-0.2, 0) is 11.2 Å². The van der Waals surface area contributed by atoms with Crippen molar-refractivity contribution in [3.63, 3.8) is 0 Å². The van der Waals surface area contributed by atoms with Crippen LogP contribution in [0.4, 0.5) is 0 Å². The summed E-state index contributed by atoms with van der Waals surface area (Å²) in [6, 6.07) is 14.8. The first-order chi connectivity index (χ1) is 10.7. The van der Waals surface area contributed by atoms with E-state index in [-0.39, 0.29) is 12.5 Å². The maximum atomic E-state index is 11.7. The number of aryl methyl sites for hydroxylation is 1. The van der Waals surface area contributed by atoms with Crippen molar-refractivity contribution in [2.45, 2.75) is 13.3 Å². The summed E-state index contributed by atoms with van der Waals surface area (Å²) in [5.41, 5.74) is 4.39. The molecule has 0 aliphatic rings. The van der Waals surface area contributed by atoms with Crippen LogP contribution in [0.25, 0.3) is 0 Å². The van der Waals surface area contributed by atoms with Gasteiger partial charge < -0.3 is 4.74 Å². The van der Waals surface area contributed by atoms with Crippen molar-refractivity contribution in [2.24, 2.45) is 5.10 Å². The van der Waals surface area contributed by atoms with Crippen molar-refractivity contribution >= 4 is 23.7 Å². The monoisotopic (exact) mass is 316 g/mol. The normalized spacial score (nSPS) is 10.6. The maximum absolute atomic E-state index is 11.7. The van der Waals surface area contributed by atoms with Crippen LogP contribution in [-0.4, -0.2) is 18.7 Å². The SMILES string of the molecule is CCc1cccc(OCC(=O)N/N=C/c2cccc(Cl)c2)c1. The van der Waals surface area contributed by atoms with Crippen LogP contribution in [0.1, 0.15) is 18.1 Å². The molecule has 1 amide bonds. The Morgan fingerprint density at radius 3 is 2.86 bits per heavy atom. The van der Waals surface area contributed by atoms with Gasteiger partial charge in [-0.25, -0.2) is 5.43 Å². The van der Waals surface area contributed by atoms with Crippen molar-refractivity contribution in [3.8, 4) is 5.75 Å². The molecule has 0 saturated carbocycles. The molecule has 0 radical (unpaired) electrons. The predicted octanol–water partition coefficient (Wildman–Crippen LogP) is 3.43. The first-order valence-corrected chi connectivity index (χ1v) is 7.34. The van der Waals surface area contributed by atoms with Gasteiger partial charge in [-0.3, -0.25) is 4.79 Å². The average Bonchev–Trinajstić information content (AvgIpc) is 2.53. The molecule has 2 aromatic carbocycles. The molecule has 0 aliphatic heterocycles. The predicted molar refractivity (Wildman–Crippen MR) is 88.5 cm³/mol. The van der Waals surface area contributed by atoms with Crippen molar-refractivity contribution in [2.75, 3.05) is 6.61 Å². The second-order valence-corrected chi connectivity index (χ2v) is 5.07. The second kappa shape index (κ2) is 8.20. The van der Waals surface area contributed by atoms with Crippen LogP contribution in [0.3, 0.4) is 0 Å².